The van der Waals surface area contributed by atoms with Crippen LogP contribution in [0.3, 0.4) is 0 Å². The summed E-state index contributed by atoms with van der Waals surface area (Å²) in [5.74, 6) is 1.59. The van der Waals surface area contributed by atoms with Gasteiger partial charge >= 0.3 is 0 Å². The van der Waals surface area contributed by atoms with E-state index in [4.69, 9.17) is 16.3 Å². The largest absolute Gasteiger partial charge is 0.456 e. The van der Waals surface area contributed by atoms with Gasteiger partial charge in [0.05, 0.1) is 5.02 Å². The second-order valence-electron chi connectivity index (χ2n) is 5.50. The van der Waals surface area contributed by atoms with Crippen molar-refractivity contribution in [1.82, 2.24) is 0 Å². The zero-order chi connectivity index (χ0) is 16.1. The molecule has 0 spiro atoms. The van der Waals surface area contributed by atoms with Gasteiger partial charge in [-0.05, 0) is 55.7 Å². The van der Waals surface area contributed by atoms with Crippen molar-refractivity contribution in [3.05, 3.63) is 65.3 Å². The number of anilines is 1. The first-order chi connectivity index (χ1) is 11.2. The molecule has 1 N–H and O–H groups in total. The summed E-state index contributed by atoms with van der Waals surface area (Å²) in [6, 6.07) is 14.9. The highest BCUT2D eigenvalue weighted by molar-refractivity contribution is 6.32. The van der Waals surface area contributed by atoms with E-state index in [-0.39, 0.29) is 5.78 Å². The Morgan fingerprint density at radius 2 is 1.74 bits per heavy atom. The first-order valence-corrected chi connectivity index (χ1v) is 8.11. The molecule has 0 radical (unpaired) electrons. The van der Waals surface area contributed by atoms with Gasteiger partial charge < -0.3 is 10.1 Å². The van der Waals surface area contributed by atoms with Gasteiger partial charge in [-0.15, -0.1) is 0 Å². The van der Waals surface area contributed by atoms with Crippen LogP contribution < -0.4 is 10.1 Å². The fourth-order valence-electron chi connectivity index (χ4n) is 2.50. The van der Waals surface area contributed by atoms with Crippen LogP contribution in [0.25, 0.3) is 0 Å². The summed E-state index contributed by atoms with van der Waals surface area (Å²) in [5, 5.41) is 3.76. The number of ether oxygens (including phenoxy) is 1. The number of nitrogens with one attached hydrogen (secondary N) is 1. The Balaban J connectivity index is 1.64. The molecule has 3 nitrogen and oxygen atoms in total. The highest BCUT2D eigenvalue weighted by Gasteiger charge is 2.14. The standard InChI is InChI=1S/C19H18ClNO2/c20-17-6-2-4-8-19(17)23-16-11-9-15(10-12-16)21-13-14-5-1-3-7-18(14)22/h2,4,6,8-13,21H,1,3,5,7H2/b14-13+. The quantitative estimate of drug-likeness (QED) is 0.746. The Kier molecular flexibility index (Phi) is 4.99. The minimum atomic E-state index is 0.252. The minimum absolute atomic E-state index is 0.252. The Labute approximate surface area is 140 Å². The van der Waals surface area contributed by atoms with Crippen molar-refractivity contribution >= 4 is 23.1 Å². The van der Waals surface area contributed by atoms with Crippen LogP contribution in [0, 0.1) is 0 Å². The third kappa shape index (κ3) is 4.14. The Bertz CT molecular complexity index is 722. The van der Waals surface area contributed by atoms with E-state index in [2.05, 4.69) is 5.32 Å². The SMILES string of the molecule is O=C1CCCC/C1=C\Nc1ccc(Oc2ccccc2Cl)cc1. The van der Waals surface area contributed by atoms with Gasteiger partial charge in [0.15, 0.2) is 5.78 Å². The smallest absolute Gasteiger partial charge is 0.160 e. The first kappa shape index (κ1) is 15.6. The maximum atomic E-state index is 11.8. The van der Waals surface area contributed by atoms with Crippen molar-refractivity contribution in [2.45, 2.75) is 25.7 Å². The predicted octanol–water partition coefficient (Wildman–Crippen LogP) is 5.57. The molecule has 1 fully saturated rings. The molecule has 0 atom stereocenters. The molecule has 1 aliphatic carbocycles. The van der Waals surface area contributed by atoms with Gasteiger partial charge in [-0.25, -0.2) is 0 Å². The van der Waals surface area contributed by atoms with Crippen LogP contribution in [-0.2, 0) is 4.79 Å². The molecule has 2 aromatic carbocycles. The van der Waals surface area contributed by atoms with Gasteiger partial charge in [-0.2, -0.15) is 0 Å². The maximum Gasteiger partial charge on any atom is 0.160 e. The van der Waals surface area contributed by atoms with Crippen LogP contribution >= 0.6 is 11.6 Å². The molecule has 1 aliphatic rings. The lowest BCUT2D eigenvalue weighted by molar-refractivity contribution is -0.116. The fraction of sp³-hybridized carbons (Fsp3) is 0.211. The lowest BCUT2D eigenvalue weighted by Gasteiger charge is -2.13. The van der Waals surface area contributed by atoms with E-state index in [1.165, 1.54) is 0 Å². The fourth-order valence-corrected chi connectivity index (χ4v) is 2.67. The summed E-state index contributed by atoms with van der Waals surface area (Å²) in [6.45, 7) is 0. The van der Waals surface area contributed by atoms with Crippen LogP contribution in [0.15, 0.2) is 60.3 Å². The number of ketones is 1. The third-order valence-electron chi connectivity index (χ3n) is 3.79. The van der Waals surface area contributed by atoms with Crippen molar-refractivity contribution in [2.75, 3.05) is 5.32 Å². The molecule has 3 rings (SSSR count). The molecule has 1 saturated carbocycles. The van der Waals surface area contributed by atoms with E-state index in [0.29, 0.717) is 22.9 Å². The highest BCUT2D eigenvalue weighted by Crippen LogP contribution is 2.29. The molecule has 0 amide bonds. The van der Waals surface area contributed by atoms with Gasteiger partial charge in [-0.3, -0.25) is 4.79 Å². The second-order valence-corrected chi connectivity index (χ2v) is 5.91. The average Bonchev–Trinajstić information content (AvgIpc) is 2.57. The van der Waals surface area contributed by atoms with E-state index in [0.717, 1.165) is 30.5 Å². The number of carbonyl (C=O) groups is 1. The zero-order valence-electron chi connectivity index (χ0n) is 12.7. The van der Waals surface area contributed by atoms with Gasteiger partial charge in [0.1, 0.15) is 11.5 Å². The van der Waals surface area contributed by atoms with Gasteiger partial charge in [0.2, 0.25) is 0 Å². The van der Waals surface area contributed by atoms with Crippen molar-refractivity contribution < 1.29 is 9.53 Å². The number of para-hydroxylation sites is 1. The molecule has 2 aromatic rings. The molecule has 0 aromatic heterocycles. The summed E-state index contributed by atoms with van der Waals surface area (Å²) in [7, 11) is 0. The lowest BCUT2D eigenvalue weighted by atomic mass is 9.94. The van der Waals surface area contributed by atoms with Crippen LogP contribution in [0.5, 0.6) is 11.5 Å². The van der Waals surface area contributed by atoms with E-state index in [1.807, 2.05) is 48.7 Å². The predicted molar refractivity (Wildman–Crippen MR) is 93.1 cm³/mol. The molecule has 23 heavy (non-hydrogen) atoms. The van der Waals surface area contributed by atoms with E-state index < -0.39 is 0 Å². The topological polar surface area (TPSA) is 38.3 Å². The average molecular weight is 328 g/mol. The zero-order valence-corrected chi connectivity index (χ0v) is 13.5. The Morgan fingerprint density at radius 3 is 2.48 bits per heavy atom. The van der Waals surface area contributed by atoms with Crippen LogP contribution in [0.4, 0.5) is 5.69 Å². The molecule has 0 bridgehead atoms. The summed E-state index contributed by atoms with van der Waals surface area (Å²) in [5.41, 5.74) is 1.80. The van der Waals surface area contributed by atoms with Gasteiger partial charge in [-0.1, -0.05) is 23.7 Å². The van der Waals surface area contributed by atoms with Crippen molar-refractivity contribution in [3.8, 4) is 11.5 Å². The number of carbonyl (C=O) groups excluding carboxylic acids is 1. The summed E-state index contributed by atoms with van der Waals surface area (Å²) in [6.07, 6.45) is 5.44. The summed E-state index contributed by atoms with van der Waals surface area (Å²) in [4.78, 5) is 11.8. The van der Waals surface area contributed by atoms with E-state index in [9.17, 15) is 4.79 Å². The number of hydrogen-bond donors (Lipinski definition) is 1. The van der Waals surface area contributed by atoms with Crippen LogP contribution in [0.1, 0.15) is 25.7 Å². The highest BCUT2D eigenvalue weighted by atomic mass is 35.5. The molecule has 0 unspecified atom stereocenters. The number of hydrogen-bond acceptors (Lipinski definition) is 3. The normalized spacial score (nSPS) is 16.4. The van der Waals surface area contributed by atoms with Crippen LogP contribution in [-0.4, -0.2) is 5.78 Å². The molecule has 0 heterocycles. The van der Waals surface area contributed by atoms with Crippen LogP contribution in [0.2, 0.25) is 5.02 Å². The molecule has 0 aliphatic heterocycles. The van der Waals surface area contributed by atoms with E-state index in [1.54, 1.807) is 6.07 Å². The lowest BCUT2D eigenvalue weighted by Crippen LogP contribution is -2.09. The Hall–Kier alpha value is -2.26. The third-order valence-corrected chi connectivity index (χ3v) is 4.10. The summed E-state index contributed by atoms with van der Waals surface area (Å²) >= 11 is 6.08. The number of halogens is 1. The second kappa shape index (κ2) is 7.34. The van der Waals surface area contributed by atoms with Crippen molar-refractivity contribution in [1.29, 1.82) is 0 Å². The Morgan fingerprint density at radius 1 is 1.00 bits per heavy atom. The molecule has 118 valence electrons. The van der Waals surface area contributed by atoms with Gasteiger partial charge in [0.25, 0.3) is 0 Å². The van der Waals surface area contributed by atoms with Gasteiger partial charge in [0, 0.05) is 23.9 Å². The molecular formula is C19H18ClNO2. The minimum Gasteiger partial charge on any atom is -0.456 e. The number of allylic oxidation sites excluding steroid dienone is 1. The monoisotopic (exact) mass is 327 g/mol. The van der Waals surface area contributed by atoms with Crippen molar-refractivity contribution in [3.63, 3.8) is 0 Å². The van der Waals surface area contributed by atoms with Crippen molar-refractivity contribution in [2.24, 2.45) is 0 Å². The number of benzene rings is 2. The molecule has 4 heteroatoms. The summed E-state index contributed by atoms with van der Waals surface area (Å²) < 4.78 is 5.75. The van der Waals surface area contributed by atoms with E-state index >= 15 is 0 Å². The number of rotatable bonds is 4. The first-order valence-electron chi connectivity index (χ1n) is 7.73. The molecular weight excluding hydrogens is 310 g/mol. The maximum absolute atomic E-state index is 11.8. The number of Topliss-reactive ketones (excluding diaryl/α,β-unsaturated/α-hetero) is 1. The molecule has 0 saturated heterocycles.